The number of aryl methyl sites for hydroxylation is 1. The first-order valence-electron chi connectivity index (χ1n) is 6.80. The molecule has 19 heavy (non-hydrogen) atoms. The molecule has 1 fully saturated rings. The van der Waals surface area contributed by atoms with Gasteiger partial charge in [0.05, 0.1) is 17.9 Å². The number of anilines is 2. The molecule has 0 radical (unpaired) electrons. The minimum Gasteiger partial charge on any atom is -0.397 e. The summed E-state index contributed by atoms with van der Waals surface area (Å²) < 4.78 is 0. The minimum atomic E-state index is -0.00800. The fourth-order valence-electron chi connectivity index (χ4n) is 2.35. The van der Waals surface area contributed by atoms with Crippen molar-refractivity contribution in [1.29, 1.82) is 0 Å². The van der Waals surface area contributed by atoms with E-state index in [2.05, 4.69) is 17.1 Å². The van der Waals surface area contributed by atoms with Crippen molar-refractivity contribution in [3.05, 3.63) is 23.8 Å². The van der Waals surface area contributed by atoms with Gasteiger partial charge in [0.15, 0.2) is 0 Å². The lowest BCUT2D eigenvalue weighted by Gasteiger charge is -2.16. The number of rotatable bonds is 5. The average molecular weight is 261 g/mol. The first-order chi connectivity index (χ1) is 8.95. The topological polar surface area (TPSA) is 58.4 Å². The molecule has 2 atom stereocenters. The van der Waals surface area contributed by atoms with Crippen LogP contribution < -0.4 is 11.1 Å². The van der Waals surface area contributed by atoms with Crippen LogP contribution in [-0.4, -0.2) is 30.9 Å². The maximum Gasteiger partial charge on any atom is 0.238 e. The summed E-state index contributed by atoms with van der Waals surface area (Å²) in [5.74, 6) is 1.58. The molecular formula is C15H23N3O. The summed E-state index contributed by atoms with van der Waals surface area (Å²) in [6, 6.07) is 5.66. The molecule has 0 saturated heterocycles. The largest absolute Gasteiger partial charge is 0.397 e. The van der Waals surface area contributed by atoms with E-state index in [9.17, 15) is 4.79 Å². The summed E-state index contributed by atoms with van der Waals surface area (Å²) in [7, 11) is 1.99. The zero-order valence-corrected chi connectivity index (χ0v) is 11.9. The smallest absolute Gasteiger partial charge is 0.238 e. The van der Waals surface area contributed by atoms with Crippen LogP contribution in [0.15, 0.2) is 18.2 Å². The zero-order valence-electron chi connectivity index (χ0n) is 11.9. The van der Waals surface area contributed by atoms with Gasteiger partial charge in [-0.2, -0.15) is 0 Å². The maximum absolute atomic E-state index is 11.9. The monoisotopic (exact) mass is 261 g/mol. The maximum atomic E-state index is 11.9. The van der Waals surface area contributed by atoms with Crippen LogP contribution in [0.5, 0.6) is 0 Å². The number of nitrogen functional groups attached to an aromatic ring is 1. The lowest BCUT2D eigenvalue weighted by atomic mass is 10.2. The lowest BCUT2D eigenvalue weighted by molar-refractivity contribution is -0.117. The van der Waals surface area contributed by atoms with Crippen LogP contribution >= 0.6 is 0 Å². The molecule has 1 aliphatic carbocycles. The molecule has 2 rings (SSSR count). The molecule has 2 unspecified atom stereocenters. The standard InChI is InChI=1S/C15H23N3O/c1-10-4-5-14(13(16)6-10)17-15(19)9-18(3)8-12-7-11(12)2/h4-6,11-12H,7-9,16H2,1-3H3,(H,17,19). The Bertz CT molecular complexity index is 472. The molecule has 1 aliphatic rings. The van der Waals surface area contributed by atoms with E-state index >= 15 is 0 Å². The number of benzene rings is 1. The van der Waals surface area contributed by atoms with Gasteiger partial charge in [-0.25, -0.2) is 0 Å². The van der Waals surface area contributed by atoms with Gasteiger partial charge in [-0.3, -0.25) is 9.69 Å². The van der Waals surface area contributed by atoms with Crippen molar-refractivity contribution in [3.63, 3.8) is 0 Å². The number of amides is 1. The van der Waals surface area contributed by atoms with Crippen LogP contribution in [0.4, 0.5) is 11.4 Å². The molecule has 1 saturated carbocycles. The number of hydrogen-bond acceptors (Lipinski definition) is 3. The third-order valence-corrected chi connectivity index (χ3v) is 3.72. The molecular weight excluding hydrogens is 238 g/mol. The highest BCUT2D eigenvalue weighted by Crippen LogP contribution is 2.37. The van der Waals surface area contributed by atoms with E-state index in [0.29, 0.717) is 17.9 Å². The Morgan fingerprint density at radius 2 is 2.21 bits per heavy atom. The van der Waals surface area contributed by atoms with Gasteiger partial charge >= 0.3 is 0 Å². The molecule has 3 N–H and O–H groups in total. The van der Waals surface area contributed by atoms with Crippen LogP contribution in [0.2, 0.25) is 0 Å². The van der Waals surface area contributed by atoms with E-state index in [1.165, 1.54) is 6.42 Å². The van der Waals surface area contributed by atoms with Crippen LogP contribution in [0.1, 0.15) is 18.9 Å². The number of nitrogens with one attached hydrogen (secondary N) is 1. The van der Waals surface area contributed by atoms with Gasteiger partial charge in [-0.1, -0.05) is 13.0 Å². The number of nitrogens with zero attached hydrogens (tertiary/aromatic N) is 1. The molecule has 1 amide bonds. The Morgan fingerprint density at radius 1 is 1.53 bits per heavy atom. The van der Waals surface area contributed by atoms with Crippen LogP contribution in [-0.2, 0) is 4.79 Å². The Balaban J connectivity index is 1.83. The molecule has 0 heterocycles. The SMILES string of the molecule is Cc1ccc(NC(=O)CN(C)CC2CC2C)c(N)c1. The predicted octanol–water partition coefficient (Wildman–Crippen LogP) is 2.10. The van der Waals surface area contributed by atoms with E-state index in [-0.39, 0.29) is 5.91 Å². The van der Waals surface area contributed by atoms with Crippen LogP contribution in [0, 0.1) is 18.8 Å². The van der Waals surface area contributed by atoms with Crippen molar-refractivity contribution in [3.8, 4) is 0 Å². The summed E-state index contributed by atoms with van der Waals surface area (Å²) in [5, 5.41) is 2.87. The van der Waals surface area contributed by atoms with E-state index < -0.39 is 0 Å². The predicted molar refractivity (Wildman–Crippen MR) is 79.0 cm³/mol. The van der Waals surface area contributed by atoms with Gasteiger partial charge in [0.1, 0.15) is 0 Å². The highest BCUT2D eigenvalue weighted by molar-refractivity contribution is 5.95. The van der Waals surface area contributed by atoms with Gasteiger partial charge < -0.3 is 11.1 Å². The third-order valence-electron chi connectivity index (χ3n) is 3.72. The Hall–Kier alpha value is -1.55. The first kappa shape index (κ1) is 13.9. The summed E-state index contributed by atoms with van der Waals surface area (Å²) in [6.07, 6.45) is 1.29. The number of nitrogens with two attached hydrogens (primary N) is 1. The molecule has 0 bridgehead atoms. The molecule has 4 heteroatoms. The second-order valence-corrected chi connectivity index (χ2v) is 5.81. The van der Waals surface area contributed by atoms with E-state index in [4.69, 9.17) is 5.73 Å². The van der Waals surface area contributed by atoms with Crippen molar-refractivity contribution in [2.24, 2.45) is 11.8 Å². The van der Waals surface area contributed by atoms with E-state index in [0.717, 1.165) is 23.9 Å². The van der Waals surface area contributed by atoms with Crippen LogP contribution in [0.25, 0.3) is 0 Å². The summed E-state index contributed by atoms with van der Waals surface area (Å²) in [4.78, 5) is 14.0. The number of hydrogen-bond donors (Lipinski definition) is 2. The summed E-state index contributed by atoms with van der Waals surface area (Å²) >= 11 is 0. The Morgan fingerprint density at radius 3 is 2.79 bits per heavy atom. The Kier molecular flexibility index (Phi) is 4.10. The molecule has 0 aromatic heterocycles. The van der Waals surface area contributed by atoms with Crippen molar-refractivity contribution in [2.75, 3.05) is 31.2 Å². The van der Waals surface area contributed by atoms with Gasteiger partial charge in [0, 0.05) is 6.54 Å². The number of likely N-dealkylation sites (N-methyl/N-ethyl adjacent to an activating group) is 1. The molecule has 0 aliphatic heterocycles. The van der Waals surface area contributed by atoms with Crippen molar-refractivity contribution < 1.29 is 4.79 Å². The highest BCUT2D eigenvalue weighted by atomic mass is 16.2. The molecule has 4 nitrogen and oxygen atoms in total. The fraction of sp³-hybridized carbons (Fsp3) is 0.533. The molecule has 104 valence electrons. The average Bonchev–Trinajstić information content (AvgIpc) is 2.98. The highest BCUT2D eigenvalue weighted by Gasteiger charge is 2.33. The first-order valence-corrected chi connectivity index (χ1v) is 6.80. The third kappa shape index (κ3) is 3.96. The normalized spacial score (nSPS) is 21.5. The molecule has 1 aromatic carbocycles. The second-order valence-electron chi connectivity index (χ2n) is 5.81. The van der Waals surface area contributed by atoms with Gasteiger partial charge in [-0.15, -0.1) is 0 Å². The number of carbonyl (C=O) groups is 1. The van der Waals surface area contributed by atoms with Gasteiger partial charge in [0.25, 0.3) is 0 Å². The summed E-state index contributed by atoms with van der Waals surface area (Å²) in [6.45, 7) is 5.65. The van der Waals surface area contributed by atoms with Crippen molar-refractivity contribution in [1.82, 2.24) is 4.90 Å². The molecule has 0 spiro atoms. The fourth-order valence-corrected chi connectivity index (χ4v) is 2.35. The Labute approximate surface area is 115 Å². The lowest BCUT2D eigenvalue weighted by Crippen LogP contribution is -2.32. The number of carbonyl (C=O) groups excluding carboxylic acids is 1. The van der Waals surface area contributed by atoms with Crippen molar-refractivity contribution in [2.45, 2.75) is 20.3 Å². The van der Waals surface area contributed by atoms with Crippen LogP contribution in [0.3, 0.4) is 0 Å². The second kappa shape index (κ2) is 5.61. The van der Waals surface area contributed by atoms with Gasteiger partial charge in [-0.05, 0) is 49.9 Å². The minimum absolute atomic E-state index is 0.00800. The van der Waals surface area contributed by atoms with Gasteiger partial charge in [0.2, 0.25) is 5.91 Å². The van der Waals surface area contributed by atoms with E-state index in [1.54, 1.807) is 0 Å². The zero-order chi connectivity index (χ0) is 14.0. The summed E-state index contributed by atoms with van der Waals surface area (Å²) in [5.41, 5.74) is 8.29. The van der Waals surface area contributed by atoms with Crippen molar-refractivity contribution >= 4 is 17.3 Å². The van der Waals surface area contributed by atoms with E-state index in [1.807, 2.05) is 32.2 Å². The molecule has 1 aromatic rings. The quantitative estimate of drug-likeness (QED) is 0.798.